The van der Waals surface area contributed by atoms with Crippen LogP contribution >= 0.6 is 0 Å². The first-order chi connectivity index (χ1) is 13.5. The Balaban J connectivity index is 1.93. The second-order valence-electron chi connectivity index (χ2n) is 7.18. The van der Waals surface area contributed by atoms with E-state index in [0.29, 0.717) is 17.2 Å². The summed E-state index contributed by atoms with van der Waals surface area (Å²) in [5.74, 6) is 0.690. The molecule has 1 aliphatic heterocycles. The van der Waals surface area contributed by atoms with Crippen LogP contribution in [0.15, 0.2) is 30.3 Å². The van der Waals surface area contributed by atoms with Gasteiger partial charge in [-0.25, -0.2) is 0 Å². The van der Waals surface area contributed by atoms with Gasteiger partial charge in [-0.2, -0.15) is 0 Å². The molecule has 28 heavy (non-hydrogen) atoms. The molecule has 0 spiro atoms. The van der Waals surface area contributed by atoms with Crippen LogP contribution in [0.1, 0.15) is 30.4 Å². The highest BCUT2D eigenvalue weighted by molar-refractivity contribution is 6.18. The summed E-state index contributed by atoms with van der Waals surface area (Å²) in [6, 6.07) is 9.42. The number of fused-ring (bicyclic) bond motifs is 3. The van der Waals surface area contributed by atoms with Crippen LogP contribution in [0.25, 0.3) is 0 Å². The van der Waals surface area contributed by atoms with Gasteiger partial charge in [0.05, 0.1) is 31.3 Å². The van der Waals surface area contributed by atoms with Gasteiger partial charge in [0.1, 0.15) is 6.42 Å². The fourth-order valence-corrected chi connectivity index (χ4v) is 4.18. The van der Waals surface area contributed by atoms with Gasteiger partial charge in [-0.3, -0.25) is 14.5 Å². The van der Waals surface area contributed by atoms with E-state index >= 15 is 0 Å². The molecule has 0 radical (unpaired) electrons. The normalized spacial score (nSPS) is 16.4. The number of methoxy groups -OCH3 is 2. The molecule has 0 atom stereocenters. The summed E-state index contributed by atoms with van der Waals surface area (Å²) in [6.45, 7) is 0. The number of aryl methyl sites for hydroxylation is 1. The number of hydrogen-bond donors (Lipinski definition) is 0. The highest BCUT2D eigenvalue weighted by atomic mass is 16.5. The third kappa shape index (κ3) is 2.89. The molecule has 1 aliphatic carbocycles. The maximum Gasteiger partial charge on any atom is 0.241 e. The second-order valence-corrected chi connectivity index (χ2v) is 7.18. The van der Waals surface area contributed by atoms with E-state index in [0.717, 1.165) is 37.1 Å². The minimum absolute atomic E-state index is 0.172. The Hall–Kier alpha value is -3.02. The van der Waals surface area contributed by atoms with Gasteiger partial charge in [0.25, 0.3) is 0 Å². The Kier molecular flexibility index (Phi) is 4.71. The van der Waals surface area contributed by atoms with E-state index in [-0.39, 0.29) is 18.2 Å². The molecule has 0 bridgehead atoms. The van der Waals surface area contributed by atoms with Gasteiger partial charge in [-0.05, 0) is 55.0 Å². The predicted octanol–water partition coefficient (Wildman–Crippen LogP) is 3.61. The first-order valence-electron chi connectivity index (χ1n) is 9.51. The van der Waals surface area contributed by atoms with Crippen molar-refractivity contribution in [3.8, 4) is 11.5 Å². The van der Waals surface area contributed by atoms with Gasteiger partial charge < -0.3 is 14.4 Å². The zero-order chi connectivity index (χ0) is 19.8. The topological polar surface area (TPSA) is 59.1 Å². The van der Waals surface area contributed by atoms with Gasteiger partial charge >= 0.3 is 0 Å². The van der Waals surface area contributed by atoms with Crippen LogP contribution in [0.5, 0.6) is 11.5 Å². The zero-order valence-corrected chi connectivity index (χ0v) is 16.4. The predicted molar refractivity (Wildman–Crippen MR) is 108 cm³/mol. The van der Waals surface area contributed by atoms with Crippen LogP contribution < -0.4 is 19.3 Å². The number of ether oxygens (including phenoxy) is 2. The minimum Gasteiger partial charge on any atom is -0.493 e. The Morgan fingerprint density at radius 1 is 0.893 bits per heavy atom. The summed E-state index contributed by atoms with van der Waals surface area (Å²) in [4.78, 5) is 29.1. The van der Waals surface area contributed by atoms with E-state index in [1.165, 1.54) is 11.1 Å². The standard InChI is InChI=1S/C22H24N2O4/c1-23-20(25)13-21(26)24(15-9-11-18(27-2)19(12-15)28-3)17-10-8-14-6-4-5-7-16(14)22(17)23/h8-12H,4-7,13H2,1-3H3. The molecule has 146 valence electrons. The lowest BCUT2D eigenvalue weighted by Gasteiger charge is -2.29. The Morgan fingerprint density at radius 2 is 1.64 bits per heavy atom. The summed E-state index contributed by atoms with van der Waals surface area (Å²) in [6.07, 6.45) is 4.00. The van der Waals surface area contributed by atoms with Crippen LogP contribution in [0, 0.1) is 0 Å². The van der Waals surface area contributed by atoms with Crippen molar-refractivity contribution >= 4 is 28.9 Å². The van der Waals surface area contributed by atoms with Crippen LogP contribution in [0.4, 0.5) is 17.1 Å². The van der Waals surface area contributed by atoms with Crippen LogP contribution in [-0.4, -0.2) is 33.1 Å². The third-order valence-corrected chi connectivity index (χ3v) is 5.61. The summed E-state index contributed by atoms with van der Waals surface area (Å²) in [7, 11) is 4.90. The van der Waals surface area contributed by atoms with Gasteiger partial charge in [0.15, 0.2) is 11.5 Å². The molecule has 2 aromatic carbocycles. The third-order valence-electron chi connectivity index (χ3n) is 5.61. The van der Waals surface area contributed by atoms with E-state index in [2.05, 4.69) is 6.07 Å². The first-order valence-corrected chi connectivity index (χ1v) is 9.51. The Morgan fingerprint density at radius 3 is 2.39 bits per heavy atom. The van der Waals surface area contributed by atoms with Gasteiger partial charge in [-0.15, -0.1) is 0 Å². The van der Waals surface area contributed by atoms with E-state index in [1.54, 1.807) is 43.2 Å². The molecule has 2 aromatic rings. The summed E-state index contributed by atoms with van der Waals surface area (Å²) >= 11 is 0. The van der Waals surface area contributed by atoms with Crippen LogP contribution in [0.3, 0.4) is 0 Å². The second kappa shape index (κ2) is 7.19. The van der Waals surface area contributed by atoms with Gasteiger partial charge in [0.2, 0.25) is 11.8 Å². The molecule has 4 rings (SSSR count). The van der Waals surface area contributed by atoms with Crippen molar-refractivity contribution in [2.75, 3.05) is 31.1 Å². The number of benzene rings is 2. The summed E-state index contributed by atoms with van der Waals surface area (Å²) in [5.41, 5.74) is 4.70. The SMILES string of the molecule is COc1ccc(N2C(=O)CC(=O)N(C)c3c2ccc2c3CCCC2)cc1OC. The number of amides is 2. The fraction of sp³-hybridized carbons (Fsp3) is 0.364. The molecular formula is C22H24N2O4. The van der Waals surface area contributed by atoms with Crippen molar-refractivity contribution < 1.29 is 19.1 Å². The van der Waals surface area contributed by atoms with Crippen LogP contribution in [0.2, 0.25) is 0 Å². The molecule has 1 heterocycles. The maximum absolute atomic E-state index is 13.1. The minimum atomic E-state index is -0.251. The number of carbonyl (C=O) groups is 2. The fourth-order valence-electron chi connectivity index (χ4n) is 4.18. The summed E-state index contributed by atoms with van der Waals surface area (Å²) in [5, 5.41) is 0. The van der Waals surface area contributed by atoms with Crippen molar-refractivity contribution in [3.63, 3.8) is 0 Å². The lowest BCUT2D eigenvalue weighted by molar-refractivity contribution is -0.125. The van der Waals surface area contributed by atoms with E-state index in [4.69, 9.17) is 9.47 Å². The number of anilines is 3. The molecule has 2 aliphatic rings. The van der Waals surface area contributed by atoms with Crippen LogP contribution in [-0.2, 0) is 22.4 Å². The highest BCUT2D eigenvalue weighted by Crippen LogP contribution is 2.44. The smallest absolute Gasteiger partial charge is 0.241 e. The molecule has 0 saturated carbocycles. The molecule has 0 saturated heterocycles. The van der Waals surface area contributed by atoms with E-state index in [9.17, 15) is 9.59 Å². The average molecular weight is 380 g/mol. The maximum atomic E-state index is 13.1. The molecule has 0 N–H and O–H groups in total. The molecular weight excluding hydrogens is 356 g/mol. The van der Waals surface area contributed by atoms with Gasteiger partial charge in [-0.1, -0.05) is 6.07 Å². The molecule has 0 fully saturated rings. The summed E-state index contributed by atoms with van der Waals surface area (Å²) < 4.78 is 10.7. The van der Waals surface area contributed by atoms with Gasteiger partial charge in [0, 0.05) is 13.1 Å². The molecule has 6 heteroatoms. The zero-order valence-electron chi connectivity index (χ0n) is 16.4. The van der Waals surface area contributed by atoms with Crippen molar-refractivity contribution in [2.45, 2.75) is 32.1 Å². The highest BCUT2D eigenvalue weighted by Gasteiger charge is 2.34. The first kappa shape index (κ1) is 18.3. The Labute approximate surface area is 164 Å². The number of carbonyl (C=O) groups excluding carboxylic acids is 2. The molecule has 2 amide bonds. The van der Waals surface area contributed by atoms with E-state index < -0.39 is 0 Å². The molecule has 0 aromatic heterocycles. The lowest BCUT2D eigenvalue weighted by atomic mass is 9.89. The van der Waals surface area contributed by atoms with Crippen molar-refractivity contribution in [1.29, 1.82) is 0 Å². The quantitative estimate of drug-likeness (QED) is 0.763. The average Bonchev–Trinajstić information content (AvgIpc) is 2.81. The monoisotopic (exact) mass is 380 g/mol. The number of rotatable bonds is 3. The number of hydrogen-bond acceptors (Lipinski definition) is 4. The largest absolute Gasteiger partial charge is 0.493 e. The lowest BCUT2D eigenvalue weighted by Crippen LogP contribution is -2.29. The molecule has 6 nitrogen and oxygen atoms in total. The van der Waals surface area contributed by atoms with E-state index in [1.807, 2.05) is 12.1 Å². The number of nitrogens with zero attached hydrogens (tertiary/aromatic N) is 2. The molecule has 0 unspecified atom stereocenters. The van der Waals surface area contributed by atoms with Crippen molar-refractivity contribution in [3.05, 3.63) is 41.5 Å². The van der Waals surface area contributed by atoms with Crippen molar-refractivity contribution in [1.82, 2.24) is 0 Å². The van der Waals surface area contributed by atoms with Crippen molar-refractivity contribution in [2.24, 2.45) is 0 Å². The Bertz CT molecular complexity index is 954.